The molecule has 8 heteroatoms. The molecular formula is C19H21N3O4S. The van der Waals surface area contributed by atoms with E-state index in [0.717, 1.165) is 24.1 Å². The second kappa shape index (κ2) is 8.39. The number of esters is 1. The van der Waals surface area contributed by atoms with Crippen LogP contribution in [-0.2, 0) is 28.9 Å². The lowest BCUT2D eigenvalue weighted by molar-refractivity contribution is -0.116. The summed E-state index contributed by atoms with van der Waals surface area (Å²) in [5.41, 5.74) is 2.41. The molecule has 0 spiro atoms. The maximum absolute atomic E-state index is 12.7. The first kappa shape index (κ1) is 19.2. The number of amides is 1. The van der Waals surface area contributed by atoms with Gasteiger partial charge in [0.05, 0.1) is 17.9 Å². The standard InChI is InChI=1S/C19H21N3O4S/c1-3-26-18(25)12-7-9-13(10-8-12)20-16(23)11-22-17(24)14-5-4-6-15(14)21-19(22)27-2/h7-10H,3-6,11H2,1-2H3,(H,20,23). The number of aromatic nitrogens is 2. The molecule has 1 aromatic heterocycles. The number of thioether (sulfide) groups is 1. The number of nitrogens with one attached hydrogen (secondary N) is 1. The number of rotatable bonds is 6. The normalized spacial score (nSPS) is 12.5. The van der Waals surface area contributed by atoms with Crippen LogP contribution in [0.2, 0.25) is 0 Å². The molecule has 0 aliphatic heterocycles. The Balaban J connectivity index is 1.73. The van der Waals surface area contributed by atoms with Crippen LogP contribution in [0.1, 0.15) is 35.0 Å². The molecule has 0 saturated heterocycles. The molecule has 0 atom stereocenters. The zero-order chi connectivity index (χ0) is 19.4. The summed E-state index contributed by atoms with van der Waals surface area (Å²) in [6.45, 7) is 1.94. The van der Waals surface area contributed by atoms with Gasteiger partial charge in [0.2, 0.25) is 5.91 Å². The van der Waals surface area contributed by atoms with E-state index in [1.165, 1.54) is 16.3 Å². The van der Waals surface area contributed by atoms with Gasteiger partial charge in [-0.25, -0.2) is 9.78 Å². The molecule has 7 nitrogen and oxygen atoms in total. The molecule has 0 unspecified atom stereocenters. The lowest BCUT2D eigenvalue weighted by atomic mass is 10.2. The van der Waals surface area contributed by atoms with Gasteiger partial charge >= 0.3 is 5.97 Å². The molecule has 0 radical (unpaired) electrons. The van der Waals surface area contributed by atoms with Crippen molar-refractivity contribution in [2.45, 2.75) is 37.9 Å². The molecule has 0 fully saturated rings. The minimum absolute atomic E-state index is 0.102. The Kier molecular flexibility index (Phi) is 5.95. The van der Waals surface area contributed by atoms with E-state index >= 15 is 0 Å². The van der Waals surface area contributed by atoms with Crippen molar-refractivity contribution in [2.24, 2.45) is 0 Å². The zero-order valence-electron chi connectivity index (χ0n) is 15.3. The largest absolute Gasteiger partial charge is 0.462 e. The predicted molar refractivity (Wildman–Crippen MR) is 103 cm³/mol. The highest BCUT2D eigenvalue weighted by Gasteiger charge is 2.21. The molecule has 142 valence electrons. The summed E-state index contributed by atoms with van der Waals surface area (Å²) < 4.78 is 6.36. The molecule has 2 aromatic rings. The fraction of sp³-hybridized carbons (Fsp3) is 0.368. The number of carbonyl (C=O) groups is 2. The van der Waals surface area contributed by atoms with Crippen molar-refractivity contribution >= 4 is 29.3 Å². The van der Waals surface area contributed by atoms with Crippen molar-refractivity contribution in [3.8, 4) is 0 Å². The van der Waals surface area contributed by atoms with Crippen LogP contribution in [0.15, 0.2) is 34.2 Å². The van der Waals surface area contributed by atoms with Crippen molar-refractivity contribution in [3.63, 3.8) is 0 Å². The van der Waals surface area contributed by atoms with Crippen LogP contribution in [0.25, 0.3) is 0 Å². The van der Waals surface area contributed by atoms with E-state index in [0.29, 0.717) is 29.4 Å². The fourth-order valence-electron chi connectivity index (χ4n) is 3.05. The number of carbonyl (C=O) groups excluding carboxylic acids is 2. The predicted octanol–water partition coefficient (Wildman–Crippen LogP) is 2.27. The Morgan fingerprint density at radius 2 is 2.00 bits per heavy atom. The zero-order valence-corrected chi connectivity index (χ0v) is 16.1. The summed E-state index contributed by atoms with van der Waals surface area (Å²) in [7, 11) is 0. The van der Waals surface area contributed by atoms with Crippen LogP contribution in [0.4, 0.5) is 5.69 Å². The molecule has 27 heavy (non-hydrogen) atoms. The van der Waals surface area contributed by atoms with Crippen molar-refractivity contribution in [3.05, 3.63) is 51.4 Å². The molecule has 1 heterocycles. The lowest BCUT2D eigenvalue weighted by Crippen LogP contribution is -2.32. The first-order chi connectivity index (χ1) is 13.0. The molecule has 3 rings (SSSR count). The summed E-state index contributed by atoms with van der Waals surface area (Å²) in [6, 6.07) is 6.43. The first-order valence-electron chi connectivity index (χ1n) is 8.77. The second-order valence-electron chi connectivity index (χ2n) is 6.11. The fourth-order valence-corrected chi connectivity index (χ4v) is 3.62. The third-order valence-electron chi connectivity index (χ3n) is 4.32. The van der Waals surface area contributed by atoms with Gasteiger partial charge in [-0.1, -0.05) is 11.8 Å². The molecule has 0 saturated carbocycles. The summed E-state index contributed by atoms with van der Waals surface area (Å²) in [6.07, 6.45) is 4.30. The number of ether oxygens (including phenoxy) is 1. The van der Waals surface area contributed by atoms with E-state index in [1.807, 2.05) is 6.26 Å². The van der Waals surface area contributed by atoms with Gasteiger partial charge in [-0.15, -0.1) is 0 Å². The molecule has 1 aliphatic rings. The van der Waals surface area contributed by atoms with E-state index in [9.17, 15) is 14.4 Å². The van der Waals surface area contributed by atoms with Gasteiger partial charge in [0.25, 0.3) is 5.56 Å². The van der Waals surface area contributed by atoms with E-state index in [4.69, 9.17) is 4.74 Å². The number of aryl methyl sites for hydroxylation is 1. The summed E-state index contributed by atoms with van der Waals surface area (Å²) in [5.74, 6) is -0.730. The summed E-state index contributed by atoms with van der Waals surface area (Å²) >= 11 is 1.35. The lowest BCUT2D eigenvalue weighted by Gasteiger charge is -2.13. The van der Waals surface area contributed by atoms with Gasteiger partial charge in [0, 0.05) is 11.3 Å². The molecule has 1 amide bonds. The number of benzene rings is 1. The highest BCUT2D eigenvalue weighted by Crippen LogP contribution is 2.20. The van der Waals surface area contributed by atoms with Crippen molar-refractivity contribution in [2.75, 3.05) is 18.2 Å². The number of hydrogen-bond acceptors (Lipinski definition) is 6. The Hall–Kier alpha value is -2.61. The van der Waals surface area contributed by atoms with Gasteiger partial charge in [0.1, 0.15) is 6.54 Å². The van der Waals surface area contributed by atoms with Crippen LogP contribution >= 0.6 is 11.8 Å². The van der Waals surface area contributed by atoms with Gasteiger partial charge < -0.3 is 10.1 Å². The van der Waals surface area contributed by atoms with Gasteiger partial charge in [-0.2, -0.15) is 0 Å². The van der Waals surface area contributed by atoms with Crippen molar-refractivity contribution in [1.82, 2.24) is 9.55 Å². The first-order valence-corrected chi connectivity index (χ1v) is 9.99. The molecule has 1 aliphatic carbocycles. The Morgan fingerprint density at radius 3 is 2.67 bits per heavy atom. The third-order valence-corrected chi connectivity index (χ3v) is 4.99. The van der Waals surface area contributed by atoms with Crippen LogP contribution in [-0.4, -0.2) is 34.3 Å². The number of hydrogen-bond donors (Lipinski definition) is 1. The average Bonchev–Trinajstić information content (AvgIpc) is 3.13. The Labute approximate surface area is 161 Å². The van der Waals surface area contributed by atoms with E-state index < -0.39 is 5.97 Å². The Bertz CT molecular complexity index is 922. The number of nitrogens with zero attached hydrogens (tertiary/aromatic N) is 2. The van der Waals surface area contributed by atoms with E-state index in [-0.39, 0.29) is 18.0 Å². The smallest absolute Gasteiger partial charge is 0.338 e. The van der Waals surface area contributed by atoms with Crippen LogP contribution in [0.5, 0.6) is 0 Å². The summed E-state index contributed by atoms with van der Waals surface area (Å²) in [5, 5.41) is 3.30. The third kappa shape index (κ3) is 4.21. The maximum atomic E-state index is 12.7. The monoisotopic (exact) mass is 387 g/mol. The summed E-state index contributed by atoms with van der Waals surface area (Å²) in [4.78, 5) is 41.3. The maximum Gasteiger partial charge on any atom is 0.338 e. The number of fused-ring (bicyclic) bond motifs is 1. The quantitative estimate of drug-likeness (QED) is 0.465. The molecule has 0 bridgehead atoms. The molecule has 1 aromatic carbocycles. The topological polar surface area (TPSA) is 90.3 Å². The minimum atomic E-state index is -0.407. The van der Waals surface area contributed by atoms with Gasteiger partial charge in [-0.05, 0) is 56.7 Å². The number of anilines is 1. The SMILES string of the molecule is CCOC(=O)c1ccc(NC(=O)Cn2c(SC)nc3c(c2=O)CCC3)cc1. The van der Waals surface area contributed by atoms with Crippen LogP contribution < -0.4 is 10.9 Å². The highest BCUT2D eigenvalue weighted by atomic mass is 32.2. The van der Waals surface area contributed by atoms with Gasteiger partial charge in [0.15, 0.2) is 5.16 Å². The van der Waals surface area contributed by atoms with Crippen molar-refractivity contribution < 1.29 is 14.3 Å². The van der Waals surface area contributed by atoms with E-state index in [1.54, 1.807) is 31.2 Å². The van der Waals surface area contributed by atoms with Crippen LogP contribution in [0, 0.1) is 0 Å². The Morgan fingerprint density at radius 1 is 1.26 bits per heavy atom. The van der Waals surface area contributed by atoms with Gasteiger partial charge in [-0.3, -0.25) is 14.2 Å². The minimum Gasteiger partial charge on any atom is -0.462 e. The van der Waals surface area contributed by atoms with E-state index in [2.05, 4.69) is 10.3 Å². The van der Waals surface area contributed by atoms with Crippen molar-refractivity contribution in [1.29, 1.82) is 0 Å². The molecule has 1 N–H and O–H groups in total. The van der Waals surface area contributed by atoms with Crippen LogP contribution in [0.3, 0.4) is 0 Å². The molecular weight excluding hydrogens is 366 g/mol. The second-order valence-corrected chi connectivity index (χ2v) is 6.89. The average molecular weight is 387 g/mol. The highest BCUT2D eigenvalue weighted by molar-refractivity contribution is 7.98.